The highest BCUT2D eigenvalue weighted by Gasteiger charge is 2.23. The Balaban J connectivity index is 2.42. The Kier molecular flexibility index (Phi) is 4.57. The first-order valence-electron chi connectivity index (χ1n) is 6.71. The molecule has 0 unspecified atom stereocenters. The number of benzene rings is 2. The summed E-state index contributed by atoms with van der Waals surface area (Å²) < 4.78 is 14.8. The molecule has 1 heterocycles. The van der Waals surface area contributed by atoms with Gasteiger partial charge in [0.2, 0.25) is 0 Å². The fourth-order valence-corrected chi connectivity index (χ4v) is 3.09. The molecular formula is C16H10ClFIN3O2. The highest BCUT2D eigenvalue weighted by molar-refractivity contribution is 14.1. The molecule has 3 rings (SSSR count). The van der Waals surface area contributed by atoms with Gasteiger partial charge >= 0.3 is 0 Å². The van der Waals surface area contributed by atoms with Crippen LogP contribution in [0.2, 0.25) is 5.02 Å². The number of pyridine rings is 1. The summed E-state index contributed by atoms with van der Waals surface area (Å²) in [6, 6.07) is 9.29. The normalized spacial score (nSPS) is 10.8. The van der Waals surface area contributed by atoms with Crippen LogP contribution in [-0.4, -0.2) is 16.0 Å². The molecular weight excluding hydrogens is 448 g/mol. The second-order valence-electron chi connectivity index (χ2n) is 4.95. The summed E-state index contributed by atoms with van der Waals surface area (Å²) in [6.07, 6.45) is 0. The Hall–Kier alpha value is -1.97. The molecule has 0 radical (unpaired) electrons. The summed E-state index contributed by atoms with van der Waals surface area (Å²) in [5.74, 6) is 3.50. The number of carbonyl (C=O) groups is 1. The van der Waals surface area contributed by atoms with Gasteiger partial charge in [0.05, 0.1) is 5.69 Å². The van der Waals surface area contributed by atoms with Gasteiger partial charge in [-0.15, -0.1) is 0 Å². The smallest absolute Gasteiger partial charge is 0.271 e. The average Bonchev–Trinajstić information content (AvgIpc) is 2.55. The molecule has 24 heavy (non-hydrogen) atoms. The van der Waals surface area contributed by atoms with E-state index in [1.807, 2.05) is 28.0 Å². The number of carbonyl (C=O) groups excluding carboxylic acids is 1. The third-order valence-electron chi connectivity index (χ3n) is 3.46. The minimum Gasteiger partial charge on any atom is -0.506 e. The minimum atomic E-state index is -0.730. The summed E-state index contributed by atoms with van der Waals surface area (Å²) >= 11 is 7.78. The van der Waals surface area contributed by atoms with Crippen LogP contribution >= 0.6 is 34.2 Å². The van der Waals surface area contributed by atoms with Crippen LogP contribution in [0.25, 0.3) is 22.2 Å². The first-order chi connectivity index (χ1) is 11.4. The summed E-state index contributed by atoms with van der Waals surface area (Å²) in [5, 5.41) is 11.2. The lowest BCUT2D eigenvalue weighted by molar-refractivity contribution is 0.0951. The van der Waals surface area contributed by atoms with Crippen LogP contribution in [0.1, 0.15) is 10.4 Å². The SMILES string of the molecule is NNC(=O)c1c(-c2ccc(Cl)cc2)nc2c(F)cc(I)cc2c1O. The van der Waals surface area contributed by atoms with Crippen molar-refractivity contribution < 1.29 is 14.3 Å². The van der Waals surface area contributed by atoms with Gasteiger partial charge in [0, 0.05) is 19.5 Å². The van der Waals surface area contributed by atoms with Crippen LogP contribution in [0.15, 0.2) is 36.4 Å². The molecule has 4 N–H and O–H groups in total. The second-order valence-corrected chi connectivity index (χ2v) is 6.63. The van der Waals surface area contributed by atoms with Crippen molar-refractivity contribution in [1.29, 1.82) is 0 Å². The molecule has 0 aliphatic heterocycles. The molecule has 2 aromatic carbocycles. The average molecular weight is 458 g/mol. The monoisotopic (exact) mass is 457 g/mol. The molecule has 3 aromatic rings. The van der Waals surface area contributed by atoms with E-state index in [9.17, 15) is 14.3 Å². The Labute approximate surface area is 154 Å². The van der Waals surface area contributed by atoms with Gasteiger partial charge in [-0.05, 0) is 46.9 Å². The van der Waals surface area contributed by atoms with Gasteiger partial charge in [0.1, 0.15) is 16.8 Å². The Morgan fingerprint density at radius 3 is 2.58 bits per heavy atom. The van der Waals surface area contributed by atoms with Gasteiger partial charge in [-0.2, -0.15) is 0 Å². The van der Waals surface area contributed by atoms with Gasteiger partial charge in [-0.3, -0.25) is 10.2 Å². The van der Waals surface area contributed by atoms with Gasteiger partial charge in [-0.1, -0.05) is 23.7 Å². The van der Waals surface area contributed by atoms with Crippen molar-refractivity contribution in [1.82, 2.24) is 10.4 Å². The van der Waals surface area contributed by atoms with Crippen LogP contribution < -0.4 is 11.3 Å². The number of hydrazine groups is 1. The zero-order valence-corrected chi connectivity index (χ0v) is 14.9. The molecule has 0 aliphatic carbocycles. The van der Waals surface area contributed by atoms with Crippen molar-refractivity contribution in [2.75, 3.05) is 0 Å². The van der Waals surface area contributed by atoms with Crippen molar-refractivity contribution in [2.24, 2.45) is 5.84 Å². The van der Waals surface area contributed by atoms with E-state index in [0.29, 0.717) is 14.2 Å². The van der Waals surface area contributed by atoms with Crippen molar-refractivity contribution in [3.8, 4) is 17.0 Å². The number of nitrogen functional groups attached to an aromatic ring is 1. The maximum atomic E-state index is 14.3. The standard InChI is InChI=1S/C16H10ClFIN3O2/c17-8-3-1-7(2-4-8)13-12(16(24)22-20)15(23)10-5-9(19)6-11(18)14(10)21-13/h1-6H,20H2,(H,21,23)(H,22,24). The summed E-state index contributed by atoms with van der Waals surface area (Å²) in [5.41, 5.74) is 2.41. The third kappa shape index (κ3) is 2.90. The number of halogens is 3. The Bertz CT molecular complexity index is 964. The first-order valence-corrected chi connectivity index (χ1v) is 8.16. The zero-order chi connectivity index (χ0) is 17.4. The number of hydrogen-bond acceptors (Lipinski definition) is 4. The quantitative estimate of drug-likeness (QED) is 0.237. The fraction of sp³-hybridized carbons (Fsp3) is 0. The minimum absolute atomic E-state index is 0.0357. The lowest BCUT2D eigenvalue weighted by atomic mass is 10.0. The van der Waals surface area contributed by atoms with Crippen LogP contribution in [0.4, 0.5) is 4.39 Å². The van der Waals surface area contributed by atoms with E-state index in [1.165, 1.54) is 6.07 Å². The molecule has 0 aliphatic rings. The van der Waals surface area contributed by atoms with Crippen LogP contribution in [-0.2, 0) is 0 Å². The summed E-state index contributed by atoms with van der Waals surface area (Å²) in [7, 11) is 0. The molecule has 0 saturated carbocycles. The van der Waals surface area contributed by atoms with Crippen molar-refractivity contribution in [3.63, 3.8) is 0 Å². The van der Waals surface area contributed by atoms with Crippen molar-refractivity contribution >= 4 is 51.0 Å². The fourth-order valence-electron chi connectivity index (χ4n) is 2.38. The molecule has 0 spiro atoms. The third-order valence-corrected chi connectivity index (χ3v) is 4.33. The van der Waals surface area contributed by atoms with E-state index < -0.39 is 11.7 Å². The lowest BCUT2D eigenvalue weighted by Crippen LogP contribution is -2.30. The number of hydrogen-bond donors (Lipinski definition) is 3. The van der Waals surface area contributed by atoms with Gasteiger partial charge in [-0.25, -0.2) is 15.2 Å². The molecule has 0 saturated heterocycles. The topological polar surface area (TPSA) is 88.2 Å². The molecule has 0 fully saturated rings. The molecule has 0 bridgehead atoms. The zero-order valence-electron chi connectivity index (χ0n) is 12.0. The van der Waals surface area contributed by atoms with Crippen LogP contribution in [0, 0.1) is 9.39 Å². The molecule has 122 valence electrons. The second kappa shape index (κ2) is 6.50. The van der Waals surface area contributed by atoms with E-state index in [1.54, 1.807) is 30.3 Å². The molecule has 1 amide bonds. The number of fused-ring (bicyclic) bond motifs is 1. The number of rotatable bonds is 2. The first kappa shape index (κ1) is 16.9. The number of nitrogens with one attached hydrogen (secondary N) is 1. The number of aromatic hydroxyl groups is 1. The molecule has 1 aromatic heterocycles. The predicted molar refractivity (Wildman–Crippen MR) is 98.2 cm³/mol. The number of amides is 1. The molecule has 0 atom stereocenters. The molecule has 8 heteroatoms. The van der Waals surface area contributed by atoms with Gasteiger partial charge < -0.3 is 5.11 Å². The highest BCUT2D eigenvalue weighted by atomic mass is 127. The van der Waals surface area contributed by atoms with Gasteiger partial charge in [0.15, 0.2) is 5.82 Å². The van der Waals surface area contributed by atoms with Crippen LogP contribution in [0.3, 0.4) is 0 Å². The Morgan fingerprint density at radius 1 is 1.29 bits per heavy atom. The predicted octanol–water partition coefficient (Wildman–Crippen LogP) is 3.61. The summed E-state index contributed by atoms with van der Waals surface area (Å²) in [6.45, 7) is 0. The lowest BCUT2D eigenvalue weighted by Gasteiger charge is -2.13. The number of nitrogens with two attached hydrogens (primary N) is 1. The van der Waals surface area contributed by atoms with E-state index in [-0.39, 0.29) is 27.9 Å². The van der Waals surface area contributed by atoms with Crippen LogP contribution in [0.5, 0.6) is 5.75 Å². The maximum absolute atomic E-state index is 14.3. The van der Waals surface area contributed by atoms with E-state index >= 15 is 0 Å². The Morgan fingerprint density at radius 2 is 1.96 bits per heavy atom. The van der Waals surface area contributed by atoms with E-state index in [4.69, 9.17) is 17.4 Å². The van der Waals surface area contributed by atoms with Crippen molar-refractivity contribution in [3.05, 3.63) is 56.4 Å². The van der Waals surface area contributed by atoms with E-state index in [0.717, 1.165) is 0 Å². The largest absolute Gasteiger partial charge is 0.506 e. The molecule has 5 nitrogen and oxygen atoms in total. The number of aromatic nitrogens is 1. The van der Waals surface area contributed by atoms with E-state index in [2.05, 4.69) is 4.98 Å². The van der Waals surface area contributed by atoms with Crippen molar-refractivity contribution in [2.45, 2.75) is 0 Å². The number of nitrogens with zero attached hydrogens (tertiary/aromatic N) is 1. The maximum Gasteiger partial charge on any atom is 0.271 e. The summed E-state index contributed by atoms with van der Waals surface area (Å²) in [4.78, 5) is 16.4. The highest BCUT2D eigenvalue weighted by Crippen LogP contribution is 2.36. The van der Waals surface area contributed by atoms with Gasteiger partial charge in [0.25, 0.3) is 5.91 Å².